The van der Waals surface area contributed by atoms with Gasteiger partial charge < -0.3 is 19.3 Å². The van der Waals surface area contributed by atoms with E-state index in [0.29, 0.717) is 63.9 Å². The fraction of sp³-hybridized carbons (Fsp3) is 0.200. The first-order chi connectivity index (χ1) is 20.4. The molecule has 2 aliphatic heterocycles. The SMILES string of the molecule is CCOc1cccc(C2/C(=C(\O)c3ccc4c(c3)OCCO4)C(=O)C(=O)N2c2nnc(SCc3ccccc3F)s2)c1. The number of halogens is 1. The number of benzene rings is 3. The van der Waals surface area contributed by atoms with Crippen LogP contribution >= 0.6 is 23.1 Å². The Labute approximate surface area is 248 Å². The first kappa shape index (κ1) is 27.7. The maximum Gasteiger partial charge on any atom is 0.301 e. The molecular formula is C30H24FN3O6S2. The quantitative estimate of drug-likeness (QED) is 0.0880. The number of Topliss-reactive ketones (excluding diaryl/α,β-unsaturated/α-hetero) is 1. The van der Waals surface area contributed by atoms with Gasteiger partial charge in [-0.25, -0.2) is 4.39 Å². The van der Waals surface area contributed by atoms with Gasteiger partial charge in [-0.2, -0.15) is 0 Å². The number of aliphatic hydroxyl groups is 1. The third-order valence-corrected chi connectivity index (χ3v) is 8.76. The average molecular weight is 606 g/mol. The molecule has 0 saturated carbocycles. The number of nitrogens with zero attached hydrogens (tertiary/aromatic N) is 3. The Bertz CT molecular complexity index is 1710. The summed E-state index contributed by atoms with van der Waals surface area (Å²) in [6.45, 7) is 3.02. The number of amides is 1. The van der Waals surface area contributed by atoms with Crippen molar-refractivity contribution in [1.29, 1.82) is 0 Å². The fourth-order valence-corrected chi connectivity index (χ4v) is 6.60. The standard InChI is InChI=1S/C30H24FN3O6S2/c1-2-38-20-8-5-7-17(14-20)25-24(26(35)18-10-11-22-23(15-18)40-13-12-39-22)27(36)28(37)34(25)29-32-33-30(42-29)41-16-19-6-3-4-9-21(19)31/h3-11,14-15,25,35H,2,12-13,16H2,1H3/b26-24+. The summed E-state index contributed by atoms with van der Waals surface area (Å²) in [4.78, 5) is 28.3. The largest absolute Gasteiger partial charge is 0.507 e. The van der Waals surface area contributed by atoms with Crippen LogP contribution in [0.1, 0.15) is 29.7 Å². The minimum atomic E-state index is -1.02. The topological polar surface area (TPSA) is 111 Å². The maximum atomic E-state index is 14.1. The zero-order chi connectivity index (χ0) is 29.2. The molecule has 3 heterocycles. The highest BCUT2D eigenvalue weighted by Crippen LogP contribution is 2.45. The Morgan fingerprint density at radius 2 is 1.88 bits per heavy atom. The van der Waals surface area contributed by atoms with Crippen molar-refractivity contribution < 1.29 is 33.3 Å². The molecule has 214 valence electrons. The summed E-state index contributed by atoms with van der Waals surface area (Å²) in [6.07, 6.45) is 0. The molecule has 2 aliphatic rings. The highest BCUT2D eigenvalue weighted by Gasteiger charge is 2.48. The van der Waals surface area contributed by atoms with Crippen molar-refractivity contribution in [3.8, 4) is 17.2 Å². The van der Waals surface area contributed by atoms with Gasteiger partial charge in [-0.3, -0.25) is 14.5 Å². The van der Waals surface area contributed by atoms with Crippen molar-refractivity contribution >= 4 is 45.7 Å². The van der Waals surface area contributed by atoms with E-state index in [4.69, 9.17) is 14.2 Å². The van der Waals surface area contributed by atoms with Gasteiger partial charge in [0.05, 0.1) is 18.2 Å². The van der Waals surface area contributed by atoms with Crippen LogP contribution in [0, 0.1) is 5.82 Å². The number of aromatic nitrogens is 2. The number of rotatable bonds is 8. The molecule has 12 heteroatoms. The second-order valence-electron chi connectivity index (χ2n) is 9.26. The highest BCUT2D eigenvalue weighted by atomic mass is 32.2. The Morgan fingerprint density at radius 1 is 1.07 bits per heavy atom. The van der Waals surface area contributed by atoms with Crippen molar-refractivity contribution in [3.05, 3.63) is 94.8 Å². The van der Waals surface area contributed by atoms with Gasteiger partial charge in [-0.1, -0.05) is 53.4 Å². The molecule has 0 aliphatic carbocycles. The molecule has 9 nitrogen and oxygen atoms in total. The molecule has 6 rings (SSSR count). The molecule has 1 amide bonds. The number of hydrogen-bond donors (Lipinski definition) is 1. The van der Waals surface area contributed by atoms with E-state index in [9.17, 15) is 19.1 Å². The van der Waals surface area contributed by atoms with Gasteiger partial charge in [-0.15, -0.1) is 10.2 Å². The predicted octanol–water partition coefficient (Wildman–Crippen LogP) is 5.77. The summed E-state index contributed by atoms with van der Waals surface area (Å²) in [7, 11) is 0. The molecule has 42 heavy (non-hydrogen) atoms. The number of hydrogen-bond acceptors (Lipinski definition) is 10. The zero-order valence-corrected chi connectivity index (χ0v) is 23.9. The van der Waals surface area contributed by atoms with Gasteiger partial charge in [0, 0.05) is 11.3 Å². The number of ether oxygens (including phenoxy) is 3. The number of aliphatic hydroxyl groups excluding tert-OH is 1. The zero-order valence-electron chi connectivity index (χ0n) is 22.3. The lowest BCUT2D eigenvalue weighted by Gasteiger charge is -2.23. The average Bonchev–Trinajstić information content (AvgIpc) is 3.58. The smallest absolute Gasteiger partial charge is 0.301 e. The minimum Gasteiger partial charge on any atom is -0.507 e. The van der Waals surface area contributed by atoms with Crippen LogP contribution in [0.5, 0.6) is 17.2 Å². The second kappa shape index (κ2) is 11.8. The van der Waals surface area contributed by atoms with Gasteiger partial charge in [0.25, 0.3) is 5.78 Å². The lowest BCUT2D eigenvalue weighted by atomic mass is 9.95. The van der Waals surface area contributed by atoms with Crippen LogP contribution in [-0.2, 0) is 15.3 Å². The molecule has 1 saturated heterocycles. The van der Waals surface area contributed by atoms with Crippen LogP contribution < -0.4 is 19.1 Å². The van der Waals surface area contributed by atoms with Gasteiger partial charge in [-0.05, 0) is 54.4 Å². The number of fused-ring (bicyclic) bond motifs is 1. The normalized spacial score (nSPS) is 17.5. The Kier molecular flexibility index (Phi) is 7.81. The third kappa shape index (κ3) is 5.30. The Hall–Kier alpha value is -4.42. The Morgan fingerprint density at radius 3 is 2.69 bits per heavy atom. The first-order valence-electron chi connectivity index (χ1n) is 13.1. The first-order valence-corrected chi connectivity index (χ1v) is 14.9. The van der Waals surface area contributed by atoms with Gasteiger partial charge in [0.1, 0.15) is 30.5 Å². The Balaban J connectivity index is 1.41. The van der Waals surface area contributed by atoms with Crippen molar-refractivity contribution in [2.45, 2.75) is 23.1 Å². The number of thioether (sulfide) groups is 1. The van der Waals surface area contributed by atoms with E-state index in [0.717, 1.165) is 11.3 Å². The van der Waals surface area contributed by atoms with Gasteiger partial charge in [0.2, 0.25) is 5.13 Å². The second-order valence-corrected chi connectivity index (χ2v) is 11.4. The summed E-state index contributed by atoms with van der Waals surface area (Å²) >= 11 is 2.37. The van der Waals surface area contributed by atoms with Gasteiger partial charge in [0.15, 0.2) is 15.8 Å². The molecule has 3 aromatic carbocycles. The predicted molar refractivity (Wildman–Crippen MR) is 156 cm³/mol. The van der Waals surface area contributed by atoms with Crippen LogP contribution in [0.25, 0.3) is 5.76 Å². The van der Waals surface area contributed by atoms with Crippen LogP contribution in [0.2, 0.25) is 0 Å². The molecule has 0 radical (unpaired) electrons. The van der Waals surface area contributed by atoms with E-state index in [2.05, 4.69) is 10.2 Å². The van der Waals surface area contributed by atoms with E-state index in [1.54, 1.807) is 60.7 Å². The highest BCUT2D eigenvalue weighted by molar-refractivity contribution is 8.00. The van der Waals surface area contributed by atoms with Crippen molar-refractivity contribution in [3.63, 3.8) is 0 Å². The minimum absolute atomic E-state index is 0.110. The van der Waals surface area contributed by atoms with Crippen LogP contribution in [0.4, 0.5) is 9.52 Å². The summed E-state index contributed by atoms with van der Waals surface area (Å²) in [5.41, 5.74) is 1.23. The molecule has 0 spiro atoms. The van der Waals surface area contributed by atoms with Crippen LogP contribution in [0.15, 0.2) is 76.6 Å². The van der Waals surface area contributed by atoms with Crippen molar-refractivity contribution in [2.24, 2.45) is 0 Å². The molecule has 1 fully saturated rings. The van der Waals surface area contributed by atoms with Gasteiger partial charge >= 0.3 is 5.91 Å². The number of carbonyl (C=O) groups excluding carboxylic acids is 2. The third-order valence-electron chi connectivity index (χ3n) is 6.66. The molecule has 1 atom stereocenters. The number of anilines is 1. The lowest BCUT2D eigenvalue weighted by molar-refractivity contribution is -0.132. The summed E-state index contributed by atoms with van der Waals surface area (Å²) in [5, 5.41) is 20.1. The number of ketones is 1. The van der Waals surface area contributed by atoms with E-state index in [1.165, 1.54) is 22.7 Å². The fourth-order valence-electron chi connectivity index (χ4n) is 4.75. The van der Waals surface area contributed by atoms with Crippen molar-refractivity contribution in [2.75, 3.05) is 24.7 Å². The summed E-state index contributed by atoms with van der Waals surface area (Å²) < 4.78 is 31.5. The summed E-state index contributed by atoms with van der Waals surface area (Å²) in [6, 6.07) is 17.2. The van der Waals surface area contributed by atoms with E-state index < -0.39 is 17.7 Å². The molecule has 0 bridgehead atoms. The maximum absolute atomic E-state index is 14.1. The monoisotopic (exact) mass is 605 g/mol. The van der Waals surface area contributed by atoms with Crippen LogP contribution in [-0.4, -0.2) is 46.8 Å². The molecule has 1 N–H and O–H groups in total. The molecule has 1 aromatic heterocycles. The molecule has 4 aromatic rings. The number of carbonyl (C=O) groups is 2. The van der Waals surface area contributed by atoms with E-state index in [-0.39, 0.29) is 22.3 Å². The van der Waals surface area contributed by atoms with Crippen LogP contribution in [0.3, 0.4) is 0 Å². The van der Waals surface area contributed by atoms with Crippen molar-refractivity contribution in [1.82, 2.24) is 10.2 Å². The molecular weight excluding hydrogens is 581 g/mol. The lowest BCUT2D eigenvalue weighted by Crippen LogP contribution is -2.29. The summed E-state index contributed by atoms with van der Waals surface area (Å²) in [5.74, 6) is -0.620. The van der Waals surface area contributed by atoms with E-state index >= 15 is 0 Å². The molecule has 1 unspecified atom stereocenters. The van der Waals surface area contributed by atoms with E-state index in [1.807, 2.05) is 6.92 Å².